The van der Waals surface area contributed by atoms with Crippen molar-refractivity contribution >= 4 is 56.5 Å². The summed E-state index contributed by atoms with van der Waals surface area (Å²) in [5, 5.41) is 1.34. The van der Waals surface area contributed by atoms with Crippen LogP contribution in [0.2, 0.25) is 9.62 Å². The Hall–Kier alpha value is 0.430. The summed E-state index contributed by atoms with van der Waals surface area (Å²) in [6.07, 6.45) is 3.03. The molecule has 0 aliphatic carbocycles. The van der Waals surface area contributed by atoms with E-state index in [2.05, 4.69) is 27.8 Å². The molecule has 1 heterocycles. The van der Waals surface area contributed by atoms with Crippen molar-refractivity contribution in [3.8, 4) is 0 Å². The van der Waals surface area contributed by atoms with Crippen LogP contribution in [-0.2, 0) is 0 Å². The van der Waals surface area contributed by atoms with Gasteiger partial charge in [-0.2, -0.15) is 0 Å². The van der Waals surface area contributed by atoms with Gasteiger partial charge >= 0.3 is 0 Å². The van der Waals surface area contributed by atoms with Gasteiger partial charge in [0.2, 0.25) is 0 Å². The Balaban J connectivity index is 2.95. The van der Waals surface area contributed by atoms with Crippen molar-refractivity contribution in [1.82, 2.24) is 4.98 Å². The van der Waals surface area contributed by atoms with E-state index in [4.69, 9.17) is 23.2 Å². The van der Waals surface area contributed by atoms with Gasteiger partial charge in [0.05, 0.1) is 4.88 Å². The van der Waals surface area contributed by atoms with E-state index in [0.717, 1.165) is 16.6 Å². The van der Waals surface area contributed by atoms with Crippen LogP contribution in [0.4, 0.5) is 0 Å². The van der Waals surface area contributed by atoms with E-state index in [1.165, 1.54) is 16.9 Å². The molecule has 0 aliphatic rings. The number of alkyl halides is 1. The number of allylic oxidation sites excluding steroid dienone is 1. The van der Waals surface area contributed by atoms with Crippen LogP contribution in [0.1, 0.15) is 18.2 Å². The lowest BCUT2D eigenvalue weighted by molar-refractivity contribution is 1.13. The summed E-state index contributed by atoms with van der Waals surface area (Å²) < 4.78 is 0.487. The molecule has 0 radical (unpaired) electrons. The first-order valence-electron chi connectivity index (χ1n) is 3.74. The molecule has 1 aromatic rings. The number of hydrogen-bond donors (Lipinski definition) is 0. The van der Waals surface area contributed by atoms with Crippen LogP contribution in [0.15, 0.2) is 5.57 Å². The van der Waals surface area contributed by atoms with Crippen LogP contribution in [0.3, 0.4) is 0 Å². The van der Waals surface area contributed by atoms with Gasteiger partial charge in [-0.05, 0) is 12.5 Å². The molecule has 0 amide bonds. The summed E-state index contributed by atoms with van der Waals surface area (Å²) in [4.78, 5) is 4.86. The van der Waals surface area contributed by atoms with Gasteiger partial charge in [-0.1, -0.05) is 51.6 Å². The molecule has 1 nitrogen and oxygen atoms in total. The highest BCUT2D eigenvalue weighted by Gasteiger charge is 2.05. The fraction of sp³-hybridized carbons (Fsp3) is 0.375. The third kappa shape index (κ3) is 3.24. The smallest absolute Gasteiger partial charge is 0.185 e. The standard InChI is InChI=1S/C8H8BrCl2NS/c1-2-5(4-9)3-6-7(10)12-8(11)13-6/h3H,2,4H2,1H3. The average Bonchev–Trinajstić information content (AvgIpc) is 2.41. The predicted octanol–water partition coefficient (Wildman–Crippen LogP) is 4.64. The molecular weight excluding hydrogens is 293 g/mol. The molecule has 0 aliphatic heterocycles. The van der Waals surface area contributed by atoms with Crippen molar-refractivity contribution in [1.29, 1.82) is 0 Å². The maximum atomic E-state index is 5.86. The first-order chi connectivity index (χ1) is 6.17. The first-order valence-corrected chi connectivity index (χ1v) is 6.44. The van der Waals surface area contributed by atoms with E-state index in [1.54, 1.807) is 0 Å². The minimum Gasteiger partial charge on any atom is -0.212 e. The number of halogens is 3. The van der Waals surface area contributed by atoms with E-state index >= 15 is 0 Å². The van der Waals surface area contributed by atoms with Crippen LogP contribution in [-0.4, -0.2) is 10.3 Å². The van der Waals surface area contributed by atoms with Crippen molar-refractivity contribution in [2.24, 2.45) is 0 Å². The molecule has 0 aromatic carbocycles. The highest BCUT2D eigenvalue weighted by molar-refractivity contribution is 9.09. The topological polar surface area (TPSA) is 12.9 Å². The Bertz CT molecular complexity index is 316. The SMILES string of the molecule is CCC(=Cc1sc(Cl)nc1Cl)CBr. The van der Waals surface area contributed by atoms with Gasteiger partial charge in [0.15, 0.2) is 4.47 Å². The minimum absolute atomic E-state index is 0.487. The van der Waals surface area contributed by atoms with E-state index in [-0.39, 0.29) is 0 Å². The zero-order valence-electron chi connectivity index (χ0n) is 6.98. The fourth-order valence-electron chi connectivity index (χ4n) is 0.797. The Morgan fingerprint density at radius 2 is 2.31 bits per heavy atom. The maximum Gasteiger partial charge on any atom is 0.185 e. The normalized spacial score (nSPS) is 12.2. The number of hydrogen-bond acceptors (Lipinski definition) is 2. The molecule has 0 N–H and O–H groups in total. The minimum atomic E-state index is 0.487. The van der Waals surface area contributed by atoms with E-state index in [1.807, 2.05) is 6.08 Å². The third-order valence-electron chi connectivity index (χ3n) is 1.54. The molecular formula is C8H8BrCl2NS. The maximum absolute atomic E-state index is 5.86. The zero-order valence-corrected chi connectivity index (χ0v) is 10.9. The molecule has 1 rings (SSSR count). The molecule has 72 valence electrons. The fourth-order valence-corrected chi connectivity index (χ4v) is 2.71. The largest absolute Gasteiger partial charge is 0.212 e. The van der Waals surface area contributed by atoms with Gasteiger partial charge in [-0.25, -0.2) is 4.98 Å². The van der Waals surface area contributed by atoms with Crippen LogP contribution in [0, 0.1) is 0 Å². The molecule has 1 aromatic heterocycles. The van der Waals surface area contributed by atoms with Gasteiger partial charge < -0.3 is 0 Å². The molecule has 0 bridgehead atoms. The van der Waals surface area contributed by atoms with Gasteiger partial charge in [0, 0.05) is 5.33 Å². The molecule has 0 saturated carbocycles. The van der Waals surface area contributed by atoms with E-state index < -0.39 is 0 Å². The van der Waals surface area contributed by atoms with Gasteiger partial charge in [-0.3, -0.25) is 0 Å². The lowest BCUT2D eigenvalue weighted by Crippen LogP contribution is -1.80. The summed E-state index contributed by atoms with van der Waals surface area (Å²) >= 11 is 16.4. The molecule has 13 heavy (non-hydrogen) atoms. The Labute approximate surface area is 99.9 Å². The zero-order chi connectivity index (χ0) is 9.84. The van der Waals surface area contributed by atoms with Crippen molar-refractivity contribution in [3.63, 3.8) is 0 Å². The Morgan fingerprint density at radius 1 is 1.62 bits per heavy atom. The summed E-state index contributed by atoms with van der Waals surface area (Å²) in [6, 6.07) is 0. The number of aromatic nitrogens is 1. The van der Waals surface area contributed by atoms with Crippen LogP contribution in [0.5, 0.6) is 0 Å². The highest BCUT2D eigenvalue weighted by Crippen LogP contribution is 2.29. The van der Waals surface area contributed by atoms with Gasteiger partial charge in [0.1, 0.15) is 5.15 Å². The average molecular weight is 301 g/mol. The number of nitrogens with zero attached hydrogens (tertiary/aromatic N) is 1. The molecule has 5 heteroatoms. The van der Waals surface area contributed by atoms with Gasteiger partial charge in [-0.15, -0.1) is 11.3 Å². The van der Waals surface area contributed by atoms with Crippen molar-refractivity contribution in [3.05, 3.63) is 20.1 Å². The lowest BCUT2D eigenvalue weighted by atomic mass is 10.2. The Morgan fingerprint density at radius 3 is 2.69 bits per heavy atom. The highest BCUT2D eigenvalue weighted by atomic mass is 79.9. The molecule has 0 unspecified atom stereocenters. The predicted molar refractivity (Wildman–Crippen MR) is 64.2 cm³/mol. The van der Waals surface area contributed by atoms with E-state index in [0.29, 0.717) is 9.62 Å². The summed E-state index contributed by atoms with van der Waals surface area (Å²) in [5.41, 5.74) is 1.28. The summed E-state index contributed by atoms with van der Waals surface area (Å²) in [7, 11) is 0. The second-order valence-electron chi connectivity index (χ2n) is 2.41. The number of rotatable bonds is 3. The second kappa shape index (κ2) is 5.35. The third-order valence-corrected chi connectivity index (χ3v) is 3.77. The molecule has 0 saturated heterocycles. The van der Waals surface area contributed by atoms with Crippen LogP contribution < -0.4 is 0 Å². The monoisotopic (exact) mass is 299 g/mol. The summed E-state index contributed by atoms with van der Waals surface area (Å²) in [6.45, 7) is 2.10. The van der Waals surface area contributed by atoms with Crippen molar-refractivity contribution < 1.29 is 0 Å². The lowest BCUT2D eigenvalue weighted by Gasteiger charge is -1.96. The van der Waals surface area contributed by atoms with Crippen LogP contribution >= 0.6 is 50.5 Å². The van der Waals surface area contributed by atoms with Crippen molar-refractivity contribution in [2.45, 2.75) is 13.3 Å². The number of thiazole rings is 1. The van der Waals surface area contributed by atoms with E-state index in [9.17, 15) is 0 Å². The molecule has 0 fully saturated rings. The van der Waals surface area contributed by atoms with Crippen LogP contribution in [0.25, 0.3) is 6.08 Å². The van der Waals surface area contributed by atoms with Gasteiger partial charge in [0.25, 0.3) is 0 Å². The molecule has 0 spiro atoms. The van der Waals surface area contributed by atoms with Crippen molar-refractivity contribution in [2.75, 3.05) is 5.33 Å². The molecule has 0 atom stereocenters. The quantitative estimate of drug-likeness (QED) is 0.741. The summed E-state index contributed by atoms with van der Waals surface area (Å²) in [5.74, 6) is 0. The second-order valence-corrected chi connectivity index (χ2v) is 4.94. The Kier molecular flexibility index (Phi) is 4.73. The first kappa shape index (κ1) is 11.5.